The van der Waals surface area contributed by atoms with Gasteiger partial charge in [0.1, 0.15) is 0 Å². The summed E-state index contributed by atoms with van der Waals surface area (Å²) in [6, 6.07) is 48.4. The fourth-order valence-corrected chi connectivity index (χ4v) is 7.27. The van der Waals surface area contributed by atoms with Crippen LogP contribution in [0.1, 0.15) is 4.11 Å². The largest absolute Gasteiger partial charge is 0.208 e. The van der Waals surface area contributed by atoms with Crippen LogP contribution in [0.5, 0.6) is 0 Å². The molecule has 0 aliphatic heterocycles. The molecule has 9 aromatic rings. The monoisotopic (exact) mass is 620 g/mol. The molecule has 0 bridgehead atoms. The highest BCUT2D eigenvalue weighted by atomic mass is 32.1. The smallest absolute Gasteiger partial charge is 0.164 e. The normalized spacial score (nSPS) is 12.3. The zero-order valence-electron chi connectivity index (χ0n) is 28.1. The van der Waals surface area contributed by atoms with Gasteiger partial charge in [-0.15, -0.1) is 11.3 Å². The van der Waals surface area contributed by atoms with E-state index < -0.39 is 0 Å². The highest BCUT2D eigenvalue weighted by Crippen LogP contribution is 2.40. The average Bonchev–Trinajstić information content (AvgIpc) is 3.54. The lowest BCUT2D eigenvalue weighted by molar-refractivity contribution is 1.08. The maximum absolute atomic E-state index is 9.44. The molecule has 0 aliphatic rings. The number of benzene rings is 7. The first-order chi connectivity index (χ1) is 24.5. The van der Waals surface area contributed by atoms with Crippen molar-refractivity contribution in [3.8, 4) is 56.4 Å². The second kappa shape index (κ2) is 11.4. The molecular weight excluding hydrogens is 591 g/mol. The minimum Gasteiger partial charge on any atom is -0.208 e. The fourth-order valence-electron chi connectivity index (χ4n) is 6.14. The van der Waals surface area contributed by atoms with Crippen molar-refractivity contribution in [2.75, 3.05) is 0 Å². The Morgan fingerprint density at radius 3 is 1.91 bits per heavy atom. The van der Waals surface area contributed by atoms with Gasteiger partial charge in [-0.25, -0.2) is 15.0 Å². The maximum Gasteiger partial charge on any atom is 0.164 e. The van der Waals surface area contributed by atoms with E-state index in [9.17, 15) is 1.37 Å². The molecule has 0 aliphatic carbocycles. The summed E-state index contributed by atoms with van der Waals surface area (Å²) in [6.07, 6.45) is 0. The topological polar surface area (TPSA) is 38.7 Å². The van der Waals surface area contributed by atoms with Crippen molar-refractivity contribution in [1.82, 2.24) is 15.0 Å². The molecule has 0 saturated carbocycles. The van der Waals surface area contributed by atoms with Crippen molar-refractivity contribution < 1.29 is 4.11 Å². The van der Waals surface area contributed by atoms with Crippen molar-refractivity contribution in [3.63, 3.8) is 0 Å². The molecule has 0 radical (unpaired) electrons. The Kier molecular flexibility index (Phi) is 5.91. The Bertz CT molecular complexity index is 2740. The molecular formula is C43H27N3S. The van der Waals surface area contributed by atoms with Gasteiger partial charge in [0.2, 0.25) is 0 Å². The van der Waals surface area contributed by atoms with Gasteiger partial charge >= 0.3 is 0 Å². The van der Waals surface area contributed by atoms with Crippen LogP contribution in [0.2, 0.25) is 0 Å². The van der Waals surface area contributed by atoms with Gasteiger partial charge in [-0.3, -0.25) is 0 Å². The van der Waals surface area contributed by atoms with Crippen LogP contribution in [0, 0.1) is 0 Å². The predicted octanol–water partition coefficient (Wildman–Crippen LogP) is 11.7. The van der Waals surface area contributed by atoms with E-state index in [1.165, 1.54) is 21.5 Å². The maximum atomic E-state index is 9.44. The molecule has 47 heavy (non-hydrogen) atoms. The van der Waals surface area contributed by atoms with Crippen molar-refractivity contribution in [3.05, 3.63) is 164 Å². The SMILES string of the molecule is [2H]c1cc([2H])c(-c2nc(-c3ccccc3)nc(-c3cccc4sc5ccccc5c34)n2)c([2H])c1-c1ccc(-c2ccc3ccccc3c2)cc1. The van der Waals surface area contributed by atoms with E-state index in [1.807, 2.05) is 91.0 Å². The van der Waals surface area contributed by atoms with Crippen LogP contribution in [-0.2, 0) is 0 Å². The number of aromatic nitrogens is 3. The molecule has 0 atom stereocenters. The zero-order chi connectivity index (χ0) is 33.8. The summed E-state index contributed by atoms with van der Waals surface area (Å²) in [6.45, 7) is 0. The molecule has 0 unspecified atom stereocenters. The number of rotatable bonds is 5. The lowest BCUT2D eigenvalue weighted by Gasteiger charge is -2.11. The van der Waals surface area contributed by atoms with Gasteiger partial charge in [-0.1, -0.05) is 139 Å². The lowest BCUT2D eigenvalue weighted by Crippen LogP contribution is -2.00. The molecule has 7 aromatic carbocycles. The quantitative estimate of drug-likeness (QED) is 0.192. The first kappa shape index (κ1) is 24.3. The van der Waals surface area contributed by atoms with Gasteiger partial charge in [-0.2, -0.15) is 0 Å². The van der Waals surface area contributed by atoms with E-state index in [4.69, 9.17) is 17.7 Å². The van der Waals surface area contributed by atoms with Crippen LogP contribution in [0.25, 0.3) is 87.4 Å². The summed E-state index contributed by atoms with van der Waals surface area (Å²) in [5.74, 6) is 1.16. The Morgan fingerprint density at radius 2 is 1.06 bits per heavy atom. The molecule has 0 fully saturated rings. The van der Waals surface area contributed by atoms with Gasteiger partial charge in [-0.05, 0) is 57.3 Å². The Morgan fingerprint density at radius 1 is 0.426 bits per heavy atom. The minimum atomic E-state index is 0.0203. The summed E-state index contributed by atoms with van der Waals surface area (Å²) >= 11 is 1.73. The van der Waals surface area contributed by atoms with E-state index in [-0.39, 0.29) is 29.5 Å². The molecule has 3 nitrogen and oxygen atoms in total. The highest BCUT2D eigenvalue weighted by Gasteiger charge is 2.17. The summed E-state index contributed by atoms with van der Waals surface area (Å²) < 4.78 is 29.6. The molecule has 0 N–H and O–H groups in total. The van der Waals surface area contributed by atoms with Crippen LogP contribution in [0.4, 0.5) is 0 Å². The molecule has 4 heteroatoms. The minimum absolute atomic E-state index is 0.0203. The van der Waals surface area contributed by atoms with Gasteiger partial charge in [0.05, 0.1) is 4.11 Å². The van der Waals surface area contributed by atoms with Gasteiger partial charge in [0, 0.05) is 36.9 Å². The summed E-state index contributed by atoms with van der Waals surface area (Å²) in [7, 11) is 0. The Balaban J connectivity index is 1.21. The number of thiophene rings is 1. The van der Waals surface area contributed by atoms with Gasteiger partial charge in [0.25, 0.3) is 0 Å². The van der Waals surface area contributed by atoms with Crippen molar-refractivity contribution in [2.45, 2.75) is 0 Å². The first-order valence-electron chi connectivity index (χ1n) is 16.9. The van der Waals surface area contributed by atoms with Gasteiger partial charge in [0.15, 0.2) is 17.5 Å². The van der Waals surface area contributed by atoms with Crippen LogP contribution in [0.3, 0.4) is 0 Å². The molecule has 2 aromatic heterocycles. The second-order valence-corrected chi connectivity index (χ2v) is 12.5. The van der Waals surface area contributed by atoms with E-state index in [1.54, 1.807) is 11.3 Å². The number of fused-ring (bicyclic) bond motifs is 4. The fraction of sp³-hybridized carbons (Fsp3) is 0. The van der Waals surface area contributed by atoms with E-state index in [0.717, 1.165) is 43.3 Å². The third-order valence-corrected chi connectivity index (χ3v) is 9.61. The Labute approximate surface area is 280 Å². The number of hydrogen-bond acceptors (Lipinski definition) is 4. The third-order valence-electron chi connectivity index (χ3n) is 8.47. The van der Waals surface area contributed by atoms with E-state index >= 15 is 0 Å². The number of nitrogens with zero attached hydrogens (tertiary/aromatic N) is 3. The zero-order valence-corrected chi connectivity index (χ0v) is 25.9. The van der Waals surface area contributed by atoms with Crippen molar-refractivity contribution in [1.29, 1.82) is 0 Å². The summed E-state index contributed by atoms with van der Waals surface area (Å²) in [5, 5.41) is 4.55. The lowest BCUT2D eigenvalue weighted by atomic mass is 9.97. The molecule has 9 rings (SSSR count). The molecule has 0 spiro atoms. The van der Waals surface area contributed by atoms with Crippen LogP contribution in [-0.4, -0.2) is 15.0 Å². The predicted molar refractivity (Wildman–Crippen MR) is 197 cm³/mol. The summed E-state index contributed by atoms with van der Waals surface area (Å²) in [5.41, 5.74) is 5.21. The van der Waals surface area contributed by atoms with E-state index in [2.05, 4.69) is 48.5 Å². The Hall–Kier alpha value is -5.97. The second-order valence-electron chi connectivity index (χ2n) is 11.4. The van der Waals surface area contributed by atoms with Crippen LogP contribution < -0.4 is 0 Å². The van der Waals surface area contributed by atoms with E-state index in [0.29, 0.717) is 17.2 Å². The number of hydrogen-bond donors (Lipinski definition) is 0. The first-order valence-corrected chi connectivity index (χ1v) is 16.3. The molecule has 2 heterocycles. The average molecular weight is 621 g/mol. The molecule has 0 saturated heterocycles. The van der Waals surface area contributed by atoms with Crippen LogP contribution >= 0.6 is 11.3 Å². The summed E-state index contributed by atoms with van der Waals surface area (Å²) in [4.78, 5) is 14.8. The van der Waals surface area contributed by atoms with Gasteiger partial charge < -0.3 is 0 Å². The standard InChI is InChI=1S/C43H27N3S/c1-2-11-31(12-3-1)41-44-42(46-43(45-41)37-17-9-19-39-40(37)36-16-6-7-18-38(36)47-39)35-15-8-14-33(27-35)29-20-22-30(23-21-29)34-25-24-28-10-4-5-13-32(28)26-34/h1-27H/i14D,15D,27D. The highest BCUT2D eigenvalue weighted by molar-refractivity contribution is 7.25. The molecule has 0 amide bonds. The van der Waals surface area contributed by atoms with Crippen molar-refractivity contribution >= 4 is 42.3 Å². The third kappa shape index (κ3) is 5.05. The molecule has 220 valence electrons. The van der Waals surface area contributed by atoms with Crippen LogP contribution in [0.15, 0.2) is 164 Å². The van der Waals surface area contributed by atoms with Crippen molar-refractivity contribution in [2.24, 2.45) is 0 Å².